The van der Waals surface area contributed by atoms with Crippen molar-refractivity contribution in [3.05, 3.63) is 41.5 Å². The maximum absolute atomic E-state index is 12.5. The second-order valence-electron chi connectivity index (χ2n) is 10.3. The van der Waals surface area contributed by atoms with Crippen LogP contribution in [-0.2, 0) is 18.3 Å². The molecule has 0 aliphatic heterocycles. The van der Waals surface area contributed by atoms with Crippen molar-refractivity contribution in [1.29, 1.82) is 0 Å². The predicted molar refractivity (Wildman–Crippen MR) is 132 cm³/mol. The first kappa shape index (κ1) is 21.4. The fourth-order valence-electron chi connectivity index (χ4n) is 6.82. The van der Waals surface area contributed by atoms with Crippen molar-refractivity contribution in [2.75, 3.05) is 11.1 Å². The minimum absolute atomic E-state index is 0.0698. The lowest BCUT2D eigenvalue weighted by atomic mass is 9.49. The number of amides is 1. The Hall–Kier alpha value is -2.19. The number of carbonyl (C=O) groups is 1. The molecule has 4 saturated carbocycles. The Morgan fingerprint density at radius 1 is 1.12 bits per heavy atom. The number of hydrogen-bond acceptors (Lipinski definition) is 6. The molecule has 2 aromatic heterocycles. The van der Waals surface area contributed by atoms with Gasteiger partial charge in [0.15, 0.2) is 10.3 Å². The van der Waals surface area contributed by atoms with Crippen LogP contribution in [0.25, 0.3) is 11.3 Å². The number of nitrogens with one attached hydrogen (secondary N) is 1. The molecule has 8 heteroatoms. The molecule has 4 aliphatic carbocycles. The number of nitrogens with zero attached hydrogens (tertiary/aromatic N) is 4. The van der Waals surface area contributed by atoms with Crippen molar-refractivity contribution < 1.29 is 4.79 Å². The van der Waals surface area contributed by atoms with Gasteiger partial charge in [0.25, 0.3) is 0 Å². The van der Waals surface area contributed by atoms with E-state index in [1.807, 2.05) is 42.8 Å². The Bertz CT molecular complexity index is 1120. The molecule has 2 heterocycles. The number of thiazole rings is 1. The molecule has 172 valence electrons. The van der Waals surface area contributed by atoms with Crippen molar-refractivity contribution in [2.45, 2.75) is 50.1 Å². The van der Waals surface area contributed by atoms with E-state index >= 15 is 0 Å². The first-order valence-corrected chi connectivity index (χ1v) is 13.7. The Labute approximate surface area is 202 Å². The van der Waals surface area contributed by atoms with E-state index in [0.29, 0.717) is 16.3 Å². The van der Waals surface area contributed by atoms with Gasteiger partial charge in [-0.2, -0.15) is 0 Å². The molecule has 0 atom stereocenters. The molecule has 0 saturated heterocycles. The van der Waals surface area contributed by atoms with Gasteiger partial charge in [-0.05, 0) is 61.7 Å². The van der Waals surface area contributed by atoms with Crippen LogP contribution < -0.4 is 5.32 Å². The molecule has 0 unspecified atom stereocenters. The van der Waals surface area contributed by atoms with E-state index in [0.717, 1.165) is 46.4 Å². The molecule has 0 spiro atoms. The molecular formula is C25H29N5OS2. The van der Waals surface area contributed by atoms with Crippen LogP contribution in [0.2, 0.25) is 0 Å². The monoisotopic (exact) mass is 479 g/mol. The lowest BCUT2D eigenvalue weighted by molar-refractivity contribution is -0.113. The summed E-state index contributed by atoms with van der Waals surface area (Å²) < 4.78 is 2.10. The predicted octanol–water partition coefficient (Wildman–Crippen LogP) is 5.43. The minimum atomic E-state index is -0.0698. The summed E-state index contributed by atoms with van der Waals surface area (Å²) in [5, 5.41) is 15.3. The third-order valence-electron chi connectivity index (χ3n) is 7.78. The maximum Gasteiger partial charge on any atom is 0.236 e. The SMILES string of the molecule is Cn1c(CC23CC4CC(CC(C4)C2)C3)nnc1SCC(=O)Nc1nc(-c2ccccc2)cs1. The van der Waals surface area contributed by atoms with Gasteiger partial charge in [-0.25, -0.2) is 4.98 Å². The Morgan fingerprint density at radius 2 is 1.82 bits per heavy atom. The first-order chi connectivity index (χ1) is 16.1. The lowest BCUT2D eigenvalue weighted by Gasteiger charge is -2.56. The van der Waals surface area contributed by atoms with Gasteiger partial charge < -0.3 is 9.88 Å². The Kier molecular flexibility index (Phi) is 5.53. The third-order valence-corrected chi connectivity index (χ3v) is 9.55. The zero-order chi connectivity index (χ0) is 22.4. The number of thioether (sulfide) groups is 1. The second-order valence-corrected chi connectivity index (χ2v) is 12.1. The molecule has 3 aromatic rings. The number of aromatic nitrogens is 4. The van der Waals surface area contributed by atoms with E-state index in [4.69, 9.17) is 0 Å². The molecular weight excluding hydrogens is 450 g/mol. The second kappa shape index (κ2) is 8.55. The van der Waals surface area contributed by atoms with Gasteiger partial charge in [-0.3, -0.25) is 4.79 Å². The van der Waals surface area contributed by atoms with Crippen LogP contribution in [0.5, 0.6) is 0 Å². The molecule has 4 bridgehead atoms. The number of hydrogen-bond donors (Lipinski definition) is 1. The molecule has 4 aliphatic rings. The largest absolute Gasteiger partial charge is 0.309 e. The Morgan fingerprint density at radius 3 is 2.52 bits per heavy atom. The van der Waals surface area contributed by atoms with Crippen molar-refractivity contribution in [1.82, 2.24) is 19.7 Å². The van der Waals surface area contributed by atoms with Crippen LogP contribution in [0.3, 0.4) is 0 Å². The highest BCUT2D eigenvalue weighted by molar-refractivity contribution is 7.99. The standard InChI is InChI=1S/C25H29N5OS2/c1-30-21(13-25-10-16-7-17(11-25)9-18(8-16)12-25)28-29-24(30)33-15-22(31)27-23-26-20(14-32-23)19-5-3-2-4-6-19/h2-6,14,16-18H,7-13,15H2,1H3,(H,26,27,31). The third kappa shape index (κ3) is 4.35. The fraction of sp³-hybridized carbons (Fsp3) is 0.520. The number of rotatable bonds is 7. The molecule has 1 N–H and O–H groups in total. The number of carbonyl (C=O) groups excluding carboxylic acids is 1. The van der Waals surface area contributed by atoms with E-state index in [1.165, 1.54) is 61.6 Å². The van der Waals surface area contributed by atoms with Gasteiger partial charge in [0.05, 0.1) is 11.4 Å². The zero-order valence-electron chi connectivity index (χ0n) is 18.9. The maximum atomic E-state index is 12.5. The number of benzene rings is 1. The number of anilines is 1. The summed E-state index contributed by atoms with van der Waals surface area (Å²) in [5.41, 5.74) is 2.37. The normalized spacial score (nSPS) is 27.7. The van der Waals surface area contributed by atoms with Gasteiger partial charge in [-0.1, -0.05) is 42.1 Å². The molecule has 1 aromatic carbocycles. The van der Waals surface area contributed by atoms with Crippen molar-refractivity contribution in [3.63, 3.8) is 0 Å². The molecule has 0 radical (unpaired) electrons. The van der Waals surface area contributed by atoms with E-state index < -0.39 is 0 Å². The summed E-state index contributed by atoms with van der Waals surface area (Å²) >= 11 is 2.89. The smallest absolute Gasteiger partial charge is 0.236 e. The summed E-state index contributed by atoms with van der Waals surface area (Å²) in [4.78, 5) is 17.1. The molecule has 33 heavy (non-hydrogen) atoms. The zero-order valence-corrected chi connectivity index (χ0v) is 20.5. The average Bonchev–Trinajstić information content (AvgIpc) is 3.39. The topological polar surface area (TPSA) is 72.7 Å². The van der Waals surface area contributed by atoms with E-state index in [2.05, 4.69) is 25.1 Å². The minimum Gasteiger partial charge on any atom is -0.309 e. The highest BCUT2D eigenvalue weighted by Gasteiger charge is 2.51. The van der Waals surface area contributed by atoms with Crippen LogP contribution in [0.1, 0.15) is 44.3 Å². The van der Waals surface area contributed by atoms with Crippen molar-refractivity contribution in [3.8, 4) is 11.3 Å². The highest BCUT2D eigenvalue weighted by atomic mass is 32.2. The van der Waals surface area contributed by atoms with Crippen LogP contribution in [0.15, 0.2) is 40.9 Å². The van der Waals surface area contributed by atoms with Crippen LogP contribution in [-0.4, -0.2) is 31.4 Å². The quantitative estimate of drug-likeness (QED) is 0.458. The average molecular weight is 480 g/mol. The molecule has 1 amide bonds. The van der Waals surface area contributed by atoms with E-state index in [1.54, 1.807) is 0 Å². The van der Waals surface area contributed by atoms with Crippen molar-refractivity contribution in [2.24, 2.45) is 30.2 Å². The summed E-state index contributed by atoms with van der Waals surface area (Å²) in [6.07, 6.45) is 9.52. The van der Waals surface area contributed by atoms with Gasteiger partial charge in [0, 0.05) is 24.4 Å². The fourth-order valence-corrected chi connectivity index (χ4v) is 8.29. The highest BCUT2D eigenvalue weighted by Crippen LogP contribution is 2.60. The molecule has 4 fully saturated rings. The summed E-state index contributed by atoms with van der Waals surface area (Å²) in [6.45, 7) is 0. The van der Waals surface area contributed by atoms with E-state index in [9.17, 15) is 4.79 Å². The van der Waals surface area contributed by atoms with Gasteiger partial charge >= 0.3 is 0 Å². The van der Waals surface area contributed by atoms with E-state index in [-0.39, 0.29) is 5.91 Å². The first-order valence-electron chi connectivity index (χ1n) is 11.9. The molecule has 6 nitrogen and oxygen atoms in total. The van der Waals surface area contributed by atoms with Crippen LogP contribution in [0, 0.1) is 23.2 Å². The molecule has 7 rings (SSSR count). The van der Waals surface area contributed by atoms with Gasteiger partial charge in [-0.15, -0.1) is 21.5 Å². The summed E-state index contributed by atoms with van der Waals surface area (Å²) in [7, 11) is 2.04. The summed E-state index contributed by atoms with van der Waals surface area (Å²) in [6, 6.07) is 10.00. The lowest BCUT2D eigenvalue weighted by Crippen LogP contribution is -2.47. The Balaban J connectivity index is 1.06. The van der Waals surface area contributed by atoms with Crippen molar-refractivity contribution >= 4 is 34.1 Å². The van der Waals surface area contributed by atoms with Crippen LogP contribution >= 0.6 is 23.1 Å². The van der Waals surface area contributed by atoms with Gasteiger partial charge in [0.2, 0.25) is 5.91 Å². The van der Waals surface area contributed by atoms with Gasteiger partial charge in [0.1, 0.15) is 5.82 Å². The summed E-state index contributed by atoms with van der Waals surface area (Å²) in [5.74, 6) is 4.12. The van der Waals surface area contributed by atoms with Crippen LogP contribution in [0.4, 0.5) is 5.13 Å².